The molecule has 0 saturated carbocycles. The molecule has 1 rings (SSSR count). The van der Waals surface area contributed by atoms with Crippen molar-refractivity contribution in [3.63, 3.8) is 0 Å². The Morgan fingerprint density at radius 3 is 2.23 bits per heavy atom. The van der Waals surface area contributed by atoms with Crippen LogP contribution in [-0.4, -0.2) is 53.6 Å². The van der Waals surface area contributed by atoms with Crippen LogP contribution in [0.2, 0.25) is 0 Å². The molecule has 1 saturated heterocycles. The summed E-state index contributed by atoms with van der Waals surface area (Å²) in [6, 6.07) is 0.185. The smallest absolute Gasteiger partial charge is 0.0840 e. The van der Waals surface area contributed by atoms with Gasteiger partial charge in [0.2, 0.25) is 0 Å². The Labute approximate surface area is 80.5 Å². The van der Waals surface area contributed by atoms with Crippen LogP contribution in [0.5, 0.6) is 0 Å². The molecule has 1 aliphatic heterocycles. The quantitative estimate of drug-likeness (QED) is 0.625. The summed E-state index contributed by atoms with van der Waals surface area (Å²) >= 11 is 0. The van der Waals surface area contributed by atoms with Gasteiger partial charge in [0.1, 0.15) is 0 Å². The maximum Gasteiger partial charge on any atom is 0.0840 e. The third kappa shape index (κ3) is 2.91. The first kappa shape index (κ1) is 10.9. The summed E-state index contributed by atoms with van der Waals surface area (Å²) in [7, 11) is 0. The van der Waals surface area contributed by atoms with Crippen molar-refractivity contribution in [1.29, 1.82) is 0 Å². The first-order chi connectivity index (χ1) is 6.13. The highest BCUT2D eigenvalue weighted by Gasteiger charge is 2.22. The first-order valence-corrected chi connectivity index (χ1v) is 5.05. The van der Waals surface area contributed by atoms with Crippen molar-refractivity contribution in [2.24, 2.45) is 0 Å². The van der Waals surface area contributed by atoms with Crippen molar-refractivity contribution in [2.45, 2.75) is 33.0 Å². The zero-order valence-corrected chi connectivity index (χ0v) is 8.82. The van der Waals surface area contributed by atoms with E-state index in [1.165, 1.54) is 5.06 Å². The van der Waals surface area contributed by atoms with E-state index in [4.69, 9.17) is 0 Å². The molecule has 1 unspecified atom stereocenters. The lowest BCUT2D eigenvalue weighted by Gasteiger charge is -2.38. The number of rotatable bonds is 3. The Morgan fingerprint density at radius 2 is 1.77 bits per heavy atom. The second-order valence-corrected chi connectivity index (χ2v) is 3.89. The van der Waals surface area contributed by atoms with Crippen molar-refractivity contribution in [3.8, 4) is 0 Å². The van der Waals surface area contributed by atoms with Gasteiger partial charge in [0.25, 0.3) is 0 Å². The van der Waals surface area contributed by atoms with Crippen LogP contribution in [0, 0.1) is 0 Å². The minimum atomic E-state index is 0.127. The van der Waals surface area contributed by atoms with Crippen molar-refractivity contribution >= 4 is 0 Å². The van der Waals surface area contributed by atoms with Gasteiger partial charge in [0, 0.05) is 32.2 Å². The lowest BCUT2D eigenvalue weighted by Crippen LogP contribution is -2.54. The maximum absolute atomic E-state index is 9.72. The fourth-order valence-corrected chi connectivity index (χ4v) is 1.65. The molecular weight excluding hydrogens is 166 g/mol. The lowest BCUT2D eigenvalue weighted by atomic mass is 10.3. The molecule has 0 aliphatic carbocycles. The molecule has 78 valence electrons. The fourth-order valence-electron chi connectivity index (χ4n) is 1.65. The average molecular weight is 187 g/mol. The van der Waals surface area contributed by atoms with Crippen LogP contribution in [0.15, 0.2) is 0 Å². The van der Waals surface area contributed by atoms with E-state index in [1.807, 2.05) is 20.8 Å². The molecule has 13 heavy (non-hydrogen) atoms. The summed E-state index contributed by atoms with van der Waals surface area (Å²) in [5.74, 6) is 0. The molecule has 0 aromatic carbocycles. The van der Waals surface area contributed by atoms with Crippen LogP contribution in [0.1, 0.15) is 20.8 Å². The largest absolute Gasteiger partial charge is 0.314 e. The van der Waals surface area contributed by atoms with E-state index in [1.54, 1.807) is 0 Å². The number of hydroxylamine groups is 2. The van der Waals surface area contributed by atoms with Gasteiger partial charge in [0.05, 0.1) is 6.17 Å². The zero-order valence-electron chi connectivity index (χ0n) is 8.82. The van der Waals surface area contributed by atoms with Crippen LogP contribution in [0.25, 0.3) is 0 Å². The average Bonchev–Trinajstić information content (AvgIpc) is 2.17. The molecule has 4 nitrogen and oxygen atoms in total. The Bertz CT molecular complexity index is 146. The van der Waals surface area contributed by atoms with Gasteiger partial charge in [0.15, 0.2) is 0 Å². The normalized spacial score (nSPS) is 22.6. The van der Waals surface area contributed by atoms with Gasteiger partial charge in [-0.15, -0.1) is 0 Å². The molecule has 0 radical (unpaired) electrons. The van der Waals surface area contributed by atoms with Gasteiger partial charge in [-0.05, 0) is 20.8 Å². The van der Waals surface area contributed by atoms with E-state index in [-0.39, 0.29) is 12.2 Å². The predicted molar refractivity (Wildman–Crippen MR) is 52.7 cm³/mol. The Balaban J connectivity index is 2.40. The monoisotopic (exact) mass is 187 g/mol. The van der Waals surface area contributed by atoms with Crippen LogP contribution in [0.3, 0.4) is 0 Å². The molecule has 0 bridgehead atoms. The number of piperazine rings is 1. The summed E-state index contributed by atoms with van der Waals surface area (Å²) in [6.45, 7) is 10.1. The number of nitrogens with one attached hydrogen (secondary N) is 1. The van der Waals surface area contributed by atoms with Crippen LogP contribution >= 0.6 is 0 Å². The number of hydrogen-bond donors (Lipinski definition) is 2. The third-order valence-corrected chi connectivity index (χ3v) is 2.59. The molecule has 0 aromatic rings. The summed E-state index contributed by atoms with van der Waals surface area (Å²) in [5.41, 5.74) is 0. The fraction of sp³-hybridized carbons (Fsp3) is 1.00. The van der Waals surface area contributed by atoms with Gasteiger partial charge in [-0.25, -0.2) is 0 Å². The van der Waals surface area contributed by atoms with Crippen molar-refractivity contribution in [2.75, 3.05) is 26.2 Å². The topological polar surface area (TPSA) is 38.7 Å². The van der Waals surface area contributed by atoms with E-state index >= 15 is 0 Å². The third-order valence-electron chi connectivity index (χ3n) is 2.59. The van der Waals surface area contributed by atoms with Crippen LogP contribution < -0.4 is 5.32 Å². The van der Waals surface area contributed by atoms with E-state index in [2.05, 4.69) is 10.2 Å². The summed E-state index contributed by atoms with van der Waals surface area (Å²) in [4.78, 5) is 2.29. The molecule has 0 amide bonds. The van der Waals surface area contributed by atoms with Crippen LogP contribution in [-0.2, 0) is 0 Å². The molecular formula is C9H21N3O. The van der Waals surface area contributed by atoms with E-state index < -0.39 is 0 Å². The highest BCUT2D eigenvalue weighted by atomic mass is 16.5. The second-order valence-electron chi connectivity index (χ2n) is 3.89. The zero-order chi connectivity index (χ0) is 9.84. The van der Waals surface area contributed by atoms with Crippen LogP contribution in [0.4, 0.5) is 0 Å². The second kappa shape index (κ2) is 4.91. The van der Waals surface area contributed by atoms with Gasteiger partial charge in [-0.2, -0.15) is 5.06 Å². The van der Waals surface area contributed by atoms with Crippen molar-refractivity contribution < 1.29 is 5.21 Å². The van der Waals surface area contributed by atoms with Gasteiger partial charge >= 0.3 is 0 Å². The van der Waals surface area contributed by atoms with Crippen molar-refractivity contribution in [3.05, 3.63) is 0 Å². The first-order valence-electron chi connectivity index (χ1n) is 5.05. The van der Waals surface area contributed by atoms with Gasteiger partial charge in [-0.3, -0.25) is 4.90 Å². The standard InChI is InChI=1S/C9H21N3O/c1-8(2)12(13)9(3)11-6-4-10-5-7-11/h8-10,13H,4-7H2,1-3H3. The Hall–Kier alpha value is -0.160. The SMILES string of the molecule is CC(C)N(O)C(C)N1CCNCC1. The minimum absolute atomic E-state index is 0.127. The number of nitrogens with zero attached hydrogens (tertiary/aromatic N) is 2. The highest BCUT2D eigenvalue weighted by molar-refractivity contribution is 4.72. The number of hydrogen-bond acceptors (Lipinski definition) is 4. The molecule has 1 atom stereocenters. The van der Waals surface area contributed by atoms with E-state index in [0.717, 1.165) is 26.2 Å². The molecule has 1 heterocycles. The Morgan fingerprint density at radius 1 is 1.23 bits per heavy atom. The molecule has 0 spiro atoms. The van der Waals surface area contributed by atoms with Crippen molar-refractivity contribution in [1.82, 2.24) is 15.3 Å². The predicted octanol–water partition coefficient (Wildman–Crippen LogP) is 0.337. The molecule has 2 N–H and O–H groups in total. The summed E-state index contributed by atoms with van der Waals surface area (Å²) < 4.78 is 0. The summed E-state index contributed by atoms with van der Waals surface area (Å²) in [5, 5.41) is 14.4. The highest BCUT2D eigenvalue weighted by Crippen LogP contribution is 2.07. The van der Waals surface area contributed by atoms with E-state index in [0.29, 0.717) is 0 Å². The Kier molecular flexibility index (Phi) is 4.12. The van der Waals surface area contributed by atoms with E-state index in [9.17, 15) is 5.21 Å². The van der Waals surface area contributed by atoms with Gasteiger partial charge in [-0.1, -0.05) is 0 Å². The minimum Gasteiger partial charge on any atom is -0.314 e. The molecule has 0 aromatic heterocycles. The molecule has 1 fully saturated rings. The maximum atomic E-state index is 9.72. The summed E-state index contributed by atoms with van der Waals surface area (Å²) in [6.07, 6.45) is 0.127. The molecule has 4 heteroatoms. The van der Waals surface area contributed by atoms with Gasteiger partial charge < -0.3 is 10.5 Å². The molecule has 1 aliphatic rings. The lowest BCUT2D eigenvalue weighted by molar-refractivity contribution is -0.187.